The van der Waals surface area contributed by atoms with Crippen molar-refractivity contribution in [2.75, 3.05) is 0 Å². The second-order valence-electron chi connectivity index (χ2n) is 7.01. The summed E-state index contributed by atoms with van der Waals surface area (Å²) in [6.07, 6.45) is 4.77. The van der Waals surface area contributed by atoms with Gasteiger partial charge in [0, 0.05) is 12.5 Å². The van der Waals surface area contributed by atoms with Crippen molar-refractivity contribution in [1.82, 2.24) is 15.6 Å². The average molecular weight is 404 g/mol. The van der Waals surface area contributed by atoms with Crippen LogP contribution >= 0.6 is 11.3 Å². The molecule has 0 saturated heterocycles. The zero-order valence-corrected chi connectivity index (χ0v) is 16.7. The third kappa shape index (κ3) is 5.76. The van der Waals surface area contributed by atoms with Crippen LogP contribution in [0.4, 0.5) is 4.79 Å². The number of amides is 3. The second-order valence-corrected chi connectivity index (χ2v) is 8.12. The van der Waals surface area contributed by atoms with Crippen molar-refractivity contribution in [3.05, 3.63) is 29.3 Å². The van der Waals surface area contributed by atoms with E-state index in [9.17, 15) is 14.4 Å². The Morgan fingerprint density at radius 1 is 1.21 bits per heavy atom. The number of aryl methyl sites for hydroxylation is 1. The molecule has 2 N–H and O–H groups in total. The predicted octanol–water partition coefficient (Wildman–Crippen LogP) is 3.32. The van der Waals surface area contributed by atoms with Crippen molar-refractivity contribution in [2.24, 2.45) is 0 Å². The third-order valence-corrected chi connectivity index (χ3v) is 5.83. The molecule has 1 heterocycles. The number of fused-ring (bicyclic) bond motifs is 1. The molecule has 3 amide bonds. The first kappa shape index (κ1) is 20.3. The number of aromatic nitrogens is 1. The first-order valence-electron chi connectivity index (χ1n) is 9.66. The van der Waals surface area contributed by atoms with Gasteiger partial charge < -0.3 is 10.1 Å². The number of carbonyl (C=O) groups is 3. The molecular weight excluding hydrogens is 378 g/mol. The predicted molar refractivity (Wildman–Crippen MR) is 107 cm³/mol. The van der Waals surface area contributed by atoms with Crippen LogP contribution in [-0.4, -0.2) is 35.0 Å². The van der Waals surface area contributed by atoms with Gasteiger partial charge in [0.1, 0.15) is 0 Å². The number of urea groups is 1. The number of carbonyl (C=O) groups excluding carboxylic acids is 3. The molecular formula is C20H25N3O4S. The molecule has 1 saturated carbocycles. The lowest BCUT2D eigenvalue weighted by molar-refractivity contribution is -0.154. The van der Waals surface area contributed by atoms with E-state index in [0.717, 1.165) is 40.9 Å². The molecule has 150 valence electrons. The van der Waals surface area contributed by atoms with Gasteiger partial charge in [0.15, 0.2) is 6.10 Å². The molecule has 28 heavy (non-hydrogen) atoms. The number of rotatable bonds is 6. The van der Waals surface area contributed by atoms with Gasteiger partial charge in [0.25, 0.3) is 5.91 Å². The first-order chi connectivity index (χ1) is 13.5. The zero-order valence-electron chi connectivity index (χ0n) is 15.9. The monoisotopic (exact) mass is 403 g/mol. The maximum Gasteiger partial charge on any atom is 0.321 e. The fourth-order valence-electron chi connectivity index (χ4n) is 3.23. The van der Waals surface area contributed by atoms with E-state index < -0.39 is 24.0 Å². The van der Waals surface area contributed by atoms with Crippen molar-refractivity contribution in [3.8, 4) is 0 Å². The Morgan fingerprint density at radius 3 is 2.71 bits per heavy atom. The van der Waals surface area contributed by atoms with E-state index in [-0.39, 0.29) is 12.5 Å². The number of para-hydroxylation sites is 1. The Balaban J connectivity index is 1.40. The number of hydrogen-bond donors (Lipinski definition) is 2. The minimum absolute atomic E-state index is 0.105. The minimum atomic E-state index is -1.03. The lowest BCUT2D eigenvalue weighted by Gasteiger charge is -2.23. The van der Waals surface area contributed by atoms with Gasteiger partial charge in [-0.3, -0.25) is 14.9 Å². The Labute approximate surface area is 167 Å². The van der Waals surface area contributed by atoms with Gasteiger partial charge in [-0.1, -0.05) is 31.4 Å². The van der Waals surface area contributed by atoms with E-state index in [1.807, 2.05) is 24.3 Å². The van der Waals surface area contributed by atoms with Crippen molar-refractivity contribution >= 4 is 39.5 Å². The molecule has 1 aliphatic carbocycles. The summed E-state index contributed by atoms with van der Waals surface area (Å²) in [7, 11) is 0. The molecule has 8 heteroatoms. The number of hydrogen-bond acceptors (Lipinski definition) is 6. The van der Waals surface area contributed by atoms with Crippen LogP contribution < -0.4 is 10.6 Å². The fourth-order valence-corrected chi connectivity index (χ4v) is 4.19. The zero-order chi connectivity index (χ0) is 19.9. The van der Waals surface area contributed by atoms with Crippen LogP contribution in [-0.2, 0) is 20.7 Å². The van der Waals surface area contributed by atoms with Gasteiger partial charge in [-0.25, -0.2) is 9.78 Å². The number of imide groups is 1. The van der Waals surface area contributed by atoms with Crippen molar-refractivity contribution in [3.63, 3.8) is 0 Å². The Bertz CT molecular complexity index is 812. The third-order valence-electron chi connectivity index (χ3n) is 4.74. The van der Waals surface area contributed by atoms with E-state index in [1.165, 1.54) is 24.7 Å². The first-order valence-corrected chi connectivity index (χ1v) is 10.5. The molecule has 1 aromatic heterocycles. The summed E-state index contributed by atoms with van der Waals surface area (Å²) in [5.41, 5.74) is 0.910. The van der Waals surface area contributed by atoms with E-state index in [0.29, 0.717) is 6.42 Å². The minimum Gasteiger partial charge on any atom is -0.453 e. The number of nitrogens with one attached hydrogen (secondary N) is 2. The van der Waals surface area contributed by atoms with E-state index in [4.69, 9.17) is 4.74 Å². The maximum absolute atomic E-state index is 12.1. The highest BCUT2D eigenvalue weighted by molar-refractivity contribution is 7.18. The molecule has 1 fully saturated rings. The number of thiazole rings is 1. The lowest BCUT2D eigenvalue weighted by Crippen LogP contribution is -2.48. The van der Waals surface area contributed by atoms with Gasteiger partial charge in [0.2, 0.25) is 0 Å². The molecule has 2 aromatic rings. The standard InChI is InChI=1S/C20H25N3O4S/c1-13(19(25)23-20(26)21-14-7-3-2-4-8-14)27-18(24)12-11-17-22-15-9-5-6-10-16(15)28-17/h5-6,9-10,13-14H,2-4,7-8,11-12H2,1H3,(H2,21,23,25,26)/t13-/m0/s1. The Hall–Kier alpha value is -2.48. The molecule has 7 nitrogen and oxygen atoms in total. The Kier molecular flexibility index (Phi) is 6.97. The van der Waals surface area contributed by atoms with Crippen LogP contribution in [0.3, 0.4) is 0 Å². The van der Waals surface area contributed by atoms with Crippen molar-refractivity contribution in [2.45, 2.75) is 64.0 Å². The van der Waals surface area contributed by atoms with Crippen molar-refractivity contribution in [1.29, 1.82) is 0 Å². The molecule has 0 spiro atoms. The quantitative estimate of drug-likeness (QED) is 0.721. The summed E-state index contributed by atoms with van der Waals surface area (Å²) >= 11 is 1.54. The molecule has 0 unspecified atom stereocenters. The molecule has 0 radical (unpaired) electrons. The van der Waals surface area contributed by atoms with E-state index in [2.05, 4.69) is 15.6 Å². The van der Waals surface area contributed by atoms with Crippen molar-refractivity contribution < 1.29 is 19.1 Å². The summed E-state index contributed by atoms with van der Waals surface area (Å²) in [5, 5.41) is 5.90. The maximum atomic E-state index is 12.1. The molecule has 1 aromatic carbocycles. The summed E-state index contributed by atoms with van der Waals surface area (Å²) in [6.45, 7) is 1.46. The van der Waals surface area contributed by atoms with Crippen LogP contribution in [0, 0.1) is 0 Å². The number of benzene rings is 1. The highest BCUT2D eigenvalue weighted by Crippen LogP contribution is 2.22. The van der Waals surface area contributed by atoms with Crippen LogP contribution in [0.5, 0.6) is 0 Å². The average Bonchev–Trinajstić information content (AvgIpc) is 3.10. The summed E-state index contributed by atoms with van der Waals surface area (Å²) < 4.78 is 6.22. The van der Waals surface area contributed by atoms with Gasteiger partial charge in [-0.05, 0) is 31.9 Å². The molecule has 3 rings (SSSR count). The lowest BCUT2D eigenvalue weighted by atomic mass is 9.96. The summed E-state index contributed by atoms with van der Waals surface area (Å²) in [4.78, 5) is 40.5. The number of ether oxygens (including phenoxy) is 1. The normalized spacial score (nSPS) is 15.8. The topological polar surface area (TPSA) is 97.4 Å². The highest BCUT2D eigenvalue weighted by Gasteiger charge is 2.22. The van der Waals surface area contributed by atoms with Crippen LogP contribution in [0.25, 0.3) is 10.2 Å². The fraction of sp³-hybridized carbons (Fsp3) is 0.500. The molecule has 1 atom stereocenters. The summed E-state index contributed by atoms with van der Waals surface area (Å²) in [5.74, 6) is -1.11. The molecule has 0 aliphatic heterocycles. The largest absolute Gasteiger partial charge is 0.453 e. The number of nitrogens with zero attached hydrogens (tertiary/aromatic N) is 1. The SMILES string of the molecule is C[C@H](OC(=O)CCc1nc2ccccc2s1)C(=O)NC(=O)NC1CCCCC1. The van der Waals surface area contributed by atoms with E-state index in [1.54, 1.807) is 0 Å². The summed E-state index contributed by atoms with van der Waals surface area (Å²) in [6, 6.07) is 7.36. The van der Waals surface area contributed by atoms with Gasteiger partial charge in [-0.2, -0.15) is 0 Å². The van der Waals surface area contributed by atoms with Gasteiger partial charge >= 0.3 is 12.0 Å². The van der Waals surface area contributed by atoms with Crippen LogP contribution in [0.2, 0.25) is 0 Å². The second kappa shape index (κ2) is 9.64. The molecule has 0 bridgehead atoms. The van der Waals surface area contributed by atoms with E-state index >= 15 is 0 Å². The van der Waals surface area contributed by atoms with Crippen LogP contribution in [0.1, 0.15) is 50.5 Å². The highest BCUT2D eigenvalue weighted by atomic mass is 32.1. The van der Waals surface area contributed by atoms with Crippen LogP contribution in [0.15, 0.2) is 24.3 Å². The smallest absolute Gasteiger partial charge is 0.321 e. The Morgan fingerprint density at radius 2 is 1.96 bits per heavy atom. The molecule has 1 aliphatic rings. The van der Waals surface area contributed by atoms with Gasteiger partial charge in [-0.15, -0.1) is 11.3 Å². The van der Waals surface area contributed by atoms with Gasteiger partial charge in [0.05, 0.1) is 21.6 Å². The number of esters is 1.